The Labute approximate surface area is 169 Å². The Morgan fingerprint density at radius 1 is 1.00 bits per heavy atom. The standard InChI is InChI=1S/C20H14F3N3O3S/c1-12-16-9-14(7-8-18(16)26-25-12)17-10-15(29-30(27,28)20(21,22)23)11-24-19(17)13-5-3-2-4-6-13/h2-11H,1H3,(H,25,26). The number of aryl methyl sites for hydroxylation is 1. The number of hydrogen-bond donors (Lipinski definition) is 1. The van der Waals surface area contributed by atoms with E-state index in [0.717, 1.165) is 22.8 Å². The van der Waals surface area contributed by atoms with Crippen LogP contribution in [0.4, 0.5) is 13.2 Å². The van der Waals surface area contributed by atoms with E-state index in [4.69, 9.17) is 0 Å². The number of aromatic amines is 1. The number of benzene rings is 2. The van der Waals surface area contributed by atoms with Crippen molar-refractivity contribution in [1.29, 1.82) is 0 Å². The smallest absolute Gasteiger partial charge is 0.374 e. The number of alkyl halides is 3. The van der Waals surface area contributed by atoms with Crippen LogP contribution in [0.2, 0.25) is 0 Å². The van der Waals surface area contributed by atoms with Gasteiger partial charge in [-0.15, -0.1) is 0 Å². The van der Waals surface area contributed by atoms with Crippen LogP contribution in [0.15, 0.2) is 60.8 Å². The third kappa shape index (κ3) is 3.61. The van der Waals surface area contributed by atoms with E-state index in [2.05, 4.69) is 19.4 Å². The number of aromatic nitrogens is 3. The van der Waals surface area contributed by atoms with E-state index in [1.54, 1.807) is 42.5 Å². The van der Waals surface area contributed by atoms with Gasteiger partial charge < -0.3 is 4.18 Å². The first-order valence-electron chi connectivity index (χ1n) is 8.67. The highest BCUT2D eigenvalue weighted by Gasteiger charge is 2.48. The molecule has 0 atom stereocenters. The molecular weight excluding hydrogens is 419 g/mol. The van der Waals surface area contributed by atoms with Crippen molar-refractivity contribution in [1.82, 2.24) is 15.2 Å². The van der Waals surface area contributed by atoms with E-state index < -0.39 is 21.4 Å². The summed E-state index contributed by atoms with van der Waals surface area (Å²) in [5.41, 5.74) is -1.80. The lowest BCUT2D eigenvalue weighted by Gasteiger charge is -2.13. The van der Waals surface area contributed by atoms with Crippen molar-refractivity contribution in [3.63, 3.8) is 0 Å². The molecule has 0 bridgehead atoms. The van der Waals surface area contributed by atoms with Crippen LogP contribution < -0.4 is 4.18 Å². The fourth-order valence-corrected chi connectivity index (χ4v) is 3.46. The number of H-pyrrole nitrogens is 1. The minimum absolute atomic E-state index is 0.415. The molecule has 2 heterocycles. The van der Waals surface area contributed by atoms with Crippen molar-refractivity contribution >= 4 is 21.0 Å². The monoisotopic (exact) mass is 433 g/mol. The molecule has 4 rings (SSSR count). The maximum absolute atomic E-state index is 12.7. The summed E-state index contributed by atoms with van der Waals surface area (Å²) >= 11 is 0. The average molecular weight is 433 g/mol. The molecule has 0 radical (unpaired) electrons. The Morgan fingerprint density at radius 3 is 2.43 bits per heavy atom. The van der Waals surface area contributed by atoms with Crippen molar-refractivity contribution in [2.45, 2.75) is 12.4 Å². The molecule has 0 unspecified atom stereocenters. The molecule has 0 amide bonds. The van der Waals surface area contributed by atoms with E-state index in [9.17, 15) is 21.6 Å². The summed E-state index contributed by atoms with van der Waals surface area (Å²) in [7, 11) is -5.81. The molecule has 1 N–H and O–H groups in total. The van der Waals surface area contributed by atoms with Gasteiger partial charge in [-0.25, -0.2) is 0 Å². The molecule has 10 heteroatoms. The minimum atomic E-state index is -5.81. The molecule has 0 saturated carbocycles. The Kier molecular flexibility index (Phi) is 4.73. The molecule has 0 fully saturated rings. The number of pyridine rings is 1. The molecule has 0 aliphatic carbocycles. The first-order valence-corrected chi connectivity index (χ1v) is 10.1. The van der Waals surface area contributed by atoms with Crippen LogP contribution in [0.5, 0.6) is 5.75 Å². The molecule has 154 valence electrons. The zero-order chi connectivity index (χ0) is 21.5. The van der Waals surface area contributed by atoms with Crippen molar-refractivity contribution in [2.24, 2.45) is 0 Å². The van der Waals surface area contributed by atoms with E-state index in [1.807, 2.05) is 13.0 Å². The molecule has 0 spiro atoms. The minimum Gasteiger partial charge on any atom is -0.374 e. The molecular formula is C20H14F3N3O3S. The molecule has 2 aromatic carbocycles. The van der Waals surface area contributed by atoms with E-state index in [0.29, 0.717) is 22.4 Å². The number of rotatable bonds is 4. The number of nitrogens with zero attached hydrogens (tertiary/aromatic N) is 2. The quantitative estimate of drug-likeness (QED) is 0.368. The summed E-state index contributed by atoms with van der Waals surface area (Å²) in [5, 5.41) is 7.84. The van der Waals surface area contributed by atoms with Gasteiger partial charge in [0.1, 0.15) is 0 Å². The summed E-state index contributed by atoms with van der Waals surface area (Å²) in [6.45, 7) is 1.84. The Balaban J connectivity index is 1.89. The maximum Gasteiger partial charge on any atom is 0.534 e. The first kappa shape index (κ1) is 19.9. The van der Waals surface area contributed by atoms with Gasteiger partial charge in [-0.1, -0.05) is 36.4 Å². The molecule has 0 aliphatic heterocycles. The number of nitrogens with one attached hydrogen (secondary N) is 1. The number of hydrogen-bond acceptors (Lipinski definition) is 5. The predicted molar refractivity (Wildman–Crippen MR) is 105 cm³/mol. The third-order valence-electron chi connectivity index (χ3n) is 4.45. The van der Waals surface area contributed by atoms with Gasteiger partial charge in [0, 0.05) is 22.2 Å². The fraction of sp³-hybridized carbons (Fsp3) is 0.100. The van der Waals surface area contributed by atoms with Crippen molar-refractivity contribution < 1.29 is 25.8 Å². The van der Waals surface area contributed by atoms with Gasteiger partial charge in [-0.3, -0.25) is 10.1 Å². The lowest BCUT2D eigenvalue weighted by atomic mass is 9.98. The summed E-state index contributed by atoms with van der Waals surface area (Å²) in [6, 6.07) is 15.5. The van der Waals surface area contributed by atoms with Crippen LogP contribution in [0, 0.1) is 6.92 Å². The van der Waals surface area contributed by atoms with Gasteiger partial charge in [-0.05, 0) is 30.7 Å². The molecule has 0 saturated heterocycles. The van der Waals surface area contributed by atoms with Crippen LogP contribution in [-0.2, 0) is 10.1 Å². The Hall–Kier alpha value is -3.40. The number of fused-ring (bicyclic) bond motifs is 1. The lowest BCUT2D eigenvalue weighted by molar-refractivity contribution is -0.0500. The van der Waals surface area contributed by atoms with E-state index in [-0.39, 0.29) is 0 Å². The highest BCUT2D eigenvalue weighted by atomic mass is 32.2. The number of halogens is 3. The zero-order valence-corrected chi connectivity index (χ0v) is 16.3. The predicted octanol–water partition coefficient (Wildman–Crippen LogP) is 4.83. The van der Waals surface area contributed by atoms with Crippen LogP contribution in [0.25, 0.3) is 33.3 Å². The molecule has 2 aromatic heterocycles. The largest absolute Gasteiger partial charge is 0.534 e. The van der Waals surface area contributed by atoms with Gasteiger partial charge in [0.15, 0.2) is 5.75 Å². The Morgan fingerprint density at radius 2 is 1.73 bits per heavy atom. The van der Waals surface area contributed by atoms with Crippen LogP contribution in [0.3, 0.4) is 0 Å². The van der Waals surface area contributed by atoms with Gasteiger partial charge in [0.25, 0.3) is 0 Å². The summed E-state index contributed by atoms with van der Waals surface area (Å²) < 4.78 is 65.3. The van der Waals surface area contributed by atoms with Crippen molar-refractivity contribution in [3.05, 3.63) is 66.5 Å². The Bertz CT molecular complexity index is 1330. The van der Waals surface area contributed by atoms with Crippen LogP contribution in [0.1, 0.15) is 5.69 Å². The molecule has 4 aromatic rings. The van der Waals surface area contributed by atoms with Gasteiger partial charge in [-0.2, -0.15) is 26.7 Å². The zero-order valence-electron chi connectivity index (χ0n) is 15.4. The lowest BCUT2D eigenvalue weighted by Crippen LogP contribution is -2.28. The van der Waals surface area contributed by atoms with Crippen LogP contribution in [-0.4, -0.2) is 29.1 Å². The molecule has 30 heavy (non-hydrogen) atoms. The average Bonchev–Trinajstić information content (AvgIpc) is 3.08. The van der Waals surface area contributed by atoms with Gasteiger partial charge in [0.2, 0.25) is 0 Å². The molecule has 6 nitrogen and oxygen atoms in total. The maximum atomic E-state index is 12.7. The summed E-state index contributed by atoms with van der Waals surface area (Å²) in [4.78, 5) is 4.20. The van der Waals surface area contributed by atoms with E-state index >= 15 is 0 Å². The molecule has 0 aliphatic rings. The normalized spacial score (nSPS) is 12.3. The van der Waals surface area contributed by atoms with E-state index in [1.165, 1.54) is 6.07 Å². The van der Waals surface area contributed by atoms with Gasteiger partial charge >= 0.3 is 15.6 Å². The SMILES string of the molecule is Cc1[nH]nc2ccc(-c3cc(OS(=O)(=O)C(F)(F)F)cnc3-c3ccccc3)cc12. The summed E-state index contributed by atoms with van der Waals surface area (Å²) in [6.07, 6.45) is 0.955. The second kappa shape index (κ2) is 7.13. The highest BCUT2D eigenvalue weighted by molar-refractivity contribution is 7.88. The second-order valence-corrected chi connectivity index (χ2v) is 8.03. The third-order valence-corrected chi connectivity index (χ3v) is 5.43. The summed E-state index contributed by atoms with van der Waals surface area (Å²) in [5.74, 6) is -0.536. The fourth-order valence-electron chi connectivity index (χ4n) is 3.02. The highest BCUT2D eigenvalue weighted by Crippen LogP contribution is 2.36. The van der Waals surface area contributed by atoms with Crippen LogP contribution >= 0.6 is 0 Å². The second-order valence-electron chi connectivity index (χ2n) is 6.50. The van der Waals surface area contributed by atoms with Gasteiger partial charge in [0.05, 0.1) is 17.4 Å². The van der Waals surface area contributed by atoms with Crippen molar-refractivity contribution in [3.8, 4) is 28.1 Å². The topological polar surface area (TPSA) is 84.9 Å². The van der Waals surface area contributed by atoms with Crippen molar-refractivity contribution in [2.75, 3.05) is 0 Å². The first-order chi connectivity index (χ1) is 14.2.